The van der Waals surface area contributed by atoms with Crippen molar-refractivity contribution in [3.05, 3.63) is 297 Å². The molecule has 15 aromatic rings. The average Bonchev–Trinajstić information content (AvgIpc) is 4.23. The predicted octanol–water partition coefficient (Wildman–Crippen LogP) is 15.7. The van der Waals surface area contributed by atoms with Gasteiger partial charge in [-0.1, -0.05) is 224 Å². The molecule has 0 N–H and O–H groups in total. The number of para-hydroxylation sites is 3. The maximum atomic E-state index is 2.55. The molecule has 0 bridgehead atoms. The first-order chi connectivity index (χ1) is 37.7. The summed E-state index contributed by atoms with van der Waals surface area (Å²) in [6.07, 6.45) is 0. The molecule has 12 aromatic carbocycles. The van der Waals surface area contributed by atoms with Gasteiger partial charge in [0.2, 0.25) is 0 Å². The molecule has 76 heavy (non-hydrogen) atoms. The third-order valence-corrected chi connectivity index (χ3v) is 20.7. The molecule has 0 atom stereocenters. The number of hydrogen-bond donors (Lipinski definition) is 0. The van der Waals surface area contributed by atoms with Gasteiger partial charge in [-0.05, 0) is 116 Å². The highest BCUT2D eigenvalue weighted by Gasteiger charge is 2.41. The lowest BCUT2D eigenvalue weighted by atomic mass is 10.0. The highest BCUT2D eigenvalue weighted by atomic mass is 28.3. The second kappa shape index (κ2) is 17.7. The lowest BCUT2D eigenvalue weighted by molar-refractivity contribution is 1.13. The Kier molecular flexibility index (Phi) is 10.2. The van der Waals surface area contributed by atoms with Gasteiger partial charge < -0.3 is 13.7 Å². The molecule has 0 saturated heterocycles. The summed E-state index contributed by atoms with van der Waals surface area (Å²) in [4.78, 5) is 0. The molecule has 356 valence electrons. The predicted molar refractivity (Wildman–Crippen MR) is 324 cm³/mol. The van der Waals surface area contributed by atoms with E-state index in [-0.39, 0.29) is 0 Å². The fraction of sp³-hybridized carbons (Fsp3) is 0. The van der Waals surface area contributed by atoms with E-state index < -0.39 is 8.07 Å². The van der Waals surface area contributed by atoms with E-state index in [1.807, 2.05) is 0 Å². The minimum absolute atomic E-state index is 1.10. The maximum absolute atomic E-state index is 2.91. The van der Waals surface area contributed by atoms with Crippen molar-refractivity contribution in [2.24, 2.45) is 0 Å². The third-order valence-electron chi connectivity index (χ3n) is 15.9. The highest BCUT2D eigenvalue weighted by Crippen LogP contribution is 2.41. The van der Waals surface area contributed by atoms with Crippen LogP contribution in [0.1, 0.15) is 0 Å². The standard InChI is InChI=1S/C72H49N3Si/c1-6-22-50(23-7-1)52-38-42-70-65(46-52)64-41-40-60(76(57-26-10-3-11-27-57,58-28-12-4-13-29-58)59-30-14-5-15-31-59)49-72(64)75(70)56-45-53(51-24-8-2-9-25-51)44-55(47-56)74-69-37-21-18-34-63(69)66-48-54(39-43-71(66)74)73-67-35-19-16-32-61(67)62-33-17-20-36-68(62)73/h1-49H. The Morgan fingerprint density at radius 3 is 1.09 bits per heavy atom. The molecular formula is C72H49N3Si. The number of rotatable bonds is 9. The van der Waals surface area contributed by atoms with Crippen LogP contribution in [-0.2, 0) is 0 Å². The first-order valence-electron chi connectivity index (χ1n) is 26.2. The molecule has 0 unspecified atom stereocenters. The molecule has 0 spiro atoms. The summed E-state index contributed by atoms with van der Waals surface area (Å²) in [5, 5.41) is 12.7. The van der Waals surface area contributed by atoms with Gasteiger partial charge in [0.1, 0.15) is 0 Å². The number of aromatic nitrogens is 3. The Morgan fingerprint density at radius 1 is 0.184 bits per heavy atom. The van der Waals surface area contributed by atoms with Crippen LogP contribution in [0, 0.1) is 0 Å². The number of benzene rings is 12. The minimum Gasteiger partial charge on any atom is -0.309 e. The summed E-state index contributed by atoms with van der Waals surface area (Å²) in [6, 6.07) is 111. The average molecular weight is 984 g/mol. The molecule has 3 heterocycles. The van der Waals surface area contributed by atoms with Crippen molar-refractivity contribution >= 4 is 94.2 Å². The Balaban J connectivity index is 1.02. The zero-order valence-electron chi connectivity index (χ0n) is 41.6. The van der Waals surface area contributed by atoms with Crippen molar-refractivity contribution in [3.63, 3.8) is 0 Å². The Bertz CT molecular complexity index is 4520. The zero-order valence-corrected chi connectivity index (χ0v) is 42.6. The van der Waals surface area contributed by atoms with Crippen LogP contribution in [0.15, 0.2) is 297 Å². The fourth-order valence-corrected chi connectivity index (χ4v) is 17.4. The topological polar surface area (TPSA) is 14.8 Å². The summed E-state index contributed by atoms with van der Waals surface area (Å²) < 4.78 is 7.46. The van der Waals surface area contributed by atoms with E-state index in [0.717, 1.165) is 44.7 Å². The van der Waals surface area contributed by atoms with Crippen LogP contribution in [0.4, 0.5) is 0 Å². The van der Waals surface area contributed by atoms with Gasteiger partial charge in [-0.25, -0.2) is 0 Å². The first-order valence-corrected chi connectivity index (χ1v) is 28.2. The van der Waals surface area contributed by atoms with Gasteiger partial charge in [0, 0.05) is 49.4 Å². The number of fused-ring (bicyclic) bond motifs is 9. The van der Waals surface area contributed by atoms with Gasteiger partial charge in [-0.15, -0.1) is 0 Å². The Labute approximate surface area is 442 Å². The van der Waals surface area contributed by atoms with Crippen LogP contribution in [0.25, 0.3) is 105 Å². The lowest BCUT2D eigenvalue weighted by Crippen LogP contribution is -2.74. The molecule has 3 aromatic heterocycles. The summed E-state index contributed by atoms with van der Waals surface area (Å²) in [5.41, 5.74) is 15.1. The molecule has 0 aliphatic heterocycles. The van der Waals surface area contributed by atoms with E-state index in [0.29, 0.717) is 0 Å². The maximum Gasteiger partial charge on any atom is 0.179 e. The summed E-state index contributed by atoms with van der Waals surface area (Å²) in [7, 11) is -2.91. The molecule has 0 radical (unpaired) electrons. The van der Waals surface area contributed by atoms with Gasteiger partial charge in [-0.3, -0.25) is 0 Å². The van der Waals surface area contributed by atoms with Crippen LogP contribution < -0.4 is 20.7 Å². The Morgan fingerprint density at radius 2 is 0.566 bits per heavy atom. The van der Waals surface area contributed by atoms with Crippen LogP contribution >= 0.6 is 0 Å². The normalized spacial score (nSPS) is 11.9. The van der Waals surface area contributed by atoms with E-state index >= 15 is 0 Å². The lowest BCUT2D eigenvalue weighted by Gasteiger charge is -2.34. The smallest absolute Gasteiger partial charge is 0.179 e. The summed E-state index contributed by atoms with van der Waals surface area (Å²) in [6.45, 7) is 0. The van der Waals surface area contributed by atoms with Gasteiger partial charge in [0.05, 0.1) is 33.1 Å². The van der Waals surface area contributed by atoms with Crippen molar-refractivity contribution in [2.75, 3.05) is 0 Å². The van der Waals surface area contributed by atoms with Crippen LogP contribution in [0.5, 0.6) is 0 Å². The third kappa shape index (κ3) is 6.81. The van der Waals surface area contributed by atoms with E-state index in [2.05, 4.69) is 311 Å². The second-order valence-corrected chi connectivity index (χ2v) is 23.9. The monoisotopic (exact) mass is 983 g/mol. The summed E-state index contributed by atoms with van der Waals surface area (Å²) >= 11 is 0. The van der Waals surface area contributed by atoms with Crippen molar-refractivity contribution in [1.29, 1.82) is 0 Å². The molecule has 0 saturated carbocycles. The second-order valence-electron chi connectivity index (χ2n) is 20.0. The van der Waals surface area contributed by atoms with Crippen LogP contribution in [0.2, 0.25) is 0 Å². The molecule has 3 nitrogen and oxygen atoms in total. The molecule has 0 fully saturated rings. The first kappa shape index (κ1) is 43.8. The largest absolute Gasteiger partial charge is 0.309 e. The van der Waals surface area contributed by atoms with E-state index in [1.165, 1.54) is 80.7 Å². The highest BCUT2D eigenvalue weighted by molar-refractivity contribution is 7.20. The molecule has 0 amide bonds. The SMILES string of the molecule is c1ccc(-c2cc(-n3c4ccccc4c4cc(-n5c6ccccc6c6ccccc65)ccc43)cc(-n3c4ccc(-c5ccccc5)cc4c4ccc([Si](c5ccccc5)(c5ccccc5)c5ccccc5)cc43)c2)cc1. The van der Waals surface area contributed by atoms with Gasteiger partial charge >= 0.3 is 0 Å². The van der Waals surface area contributed by atoms with Gasteiger partial charge in [-0.2, -0.15) is 0 Å². The summed E-state index contributed by atoms with van der Waals surface area (Å²) in [5.74, 6) is 0. The van der Waals surface area contributed by atoms with Crippen molar-refractivity contribution in [2.45, 2.75) is 0 Å². The number of hydrogen-bond acceptors (Lipinski definition) is 0. The molecule has 0 aliphatic rings. The molecular weight excluding hydrogens is 935 g/mol. The molecule has 0 aliphatic carbocycles. The van der Waals surface area contributed by atoms with Crippen molar-refractivity contribution < 1.29 is 0 Å². The fourth-order valence-electron chi connectivity index (χ4n) is 12.6. The Hall–Kier alpha value is -9.74. The van der Waals surface area contributed by atoms with Crippen molar-refractivity contribution in [1.82, 2.24) is 13.7 Å². The van der Waals surface area contributed by atoms with E-state index in [1.54, 1.807) is 0 Å². The van der Waals surface area contributed by atoms with Crippen LogP contribution in [-0.4, -0.2) is 21.8 Å². The van der Waals surface area contributed by atoms with Crippen molar-refractivity contribution in [3.8, 4) is 39.3 Å². The van der Waals surface area contributed by atoms with E-state index in [4.69, 9.17) is 0 Å². The van der Waals surface area contributed by atoms with Gasteiger partial charge in [0.25, 0.3) is 0 Å². The van der Waals surface area contributed by atoms with Gasteiger partial charge in [0.15, 0.2) is 8.07 Å². The van der Waals surface area contributed by atoms with Crippen LogP contribution in [0.3, 0.4) is 0 Å². The zero-order chi connectivity index (χ0) is 50.2. The molecule has 15 rings (SSSR count). The number of nitrogens with zero attached hydrogens (tertiary/aromatic N) is 3. The van der Waals surface area contributed by atoms with E-state index in [9.17, 15) is 0 Å². The minimum atomic E-state index is -2.91. The molecule has 4 heteroatoms. The quantitative estimate of drug-likeness (QED) is 0.101.